The maximum absolute atomic E-state index is 11.3. The standard InChI is InChI=1S/C15H29O4Si.3C4H9.Sn/c1-10(2)20(11(3)4,12(5)6)19-9-14-15(17)13(16)7-8-18-14;3*1-3-4-2;/h7-8,10-15,17H,9H2,1-6H3;3*1,3-4H2,2H3;/q-1;;;;+1/t13-,14-,15-;;;;/m1..../s1. The Morgan fingerprint density at radius 1 is 0.848 bits per heavy atom. The van der Waals surface area contributed by atoms with Crippen LogP contribution in [0.15, 0.2) is 12.3 Å². The molecule has 0 saturated carbocycles. The van der Waals surface area contributed by atoms with Crippen LogP contribution < -0.4 is 0 Å². The van der Waals surface area contributed by atoms with Crippen LogP contribution in [-0.2, 0) is 12.2 Å². The molecule has 0 aromatic carbocycles. The fourth-order valence-electron chi connectivity index (χ4n) is 5.94. The van der Waals surface area contributed by atoms with Crippen molar-refractivity contribution >= 4 is 27.1 Å². The van der Waals surface area contributed by atoms with E-state index >= 15 is 0 Å². The van der Waals surface area contributed by atoms with Gasteiger partial charge in [-0.1, -0.05) is 0 Å². The molecule has 6 heteroatoms. The number of aliphatic hydroxyl groups is 1. The van der Waals surface area contributed by atoms with Crippen LogP contribution in [0.2, 0.25) is 29.9 Å². The van der Waals surface area contributed by atoms with Crippen LogP contribution in [0.3, 0.4) is 0 Å². The van der Waals surface area contributed by atoms with Crippen LogP contribution in [0, 0.1) is 0 Å². The van der Waals surface area contributed by atoms with Crippen molar-refractivity contribution in [3.8, 4) is 0 Å². The first-order valence-electron chi connectivity index (χ1n) is 13.9. The summed E-state index contributed by atoms with van der Waals surface area (Å²) in [5.74, 6) is 0. The molecule has 196 valence electrons. The molecule has 0 fully saturated rings. The minimum absolute atomic E-state index is 0.248. The molecule has 0 radical (unpaired) electrons. The first-order valence-corrected chi connectivity index (χ1v) is 23.3. The van der Waals surface area contributed by atoms with E-state index in [1.54, 1.807) is 6.26 Å². The van der Waals surface area contributed by atoms with E-state index in [0.717, 1.165) is 0 Å². The number of ether oxygens (including phenoxy) is 1. The molecule has 1 aliphatic rings. The van der Waals surface area contributed by atoms with E-state index in [1.807, 2.05) is 6.08 Å². The van der Waals surface area contributed by atoms with Gasteiger partial charge < -0.3 is 0 Å². The van der Waals surface area contributed by atoms with Crippen molar-refractivity contribution in [3.05, 3.63) is 12.3 Å². The van der Waals surface area contributed by atoms with E-state index in [4.69, 9.17) is 12.2 Å². The van der Waals surface area contributed by atoms with Gasteiger partial charge in [0.1, 0.15) is 0 Å². The first-order chi connectivity index (χ1) is 15.6. The van der Waals surface area contributed by atoms with E-state index in [1.165, 1.54) is 51.8 Å². The normalized spacial score (nSPS) is 21.9. The van der Waals surface area contributed by atoms with Crippen molar-refractivity contribution in [1.82, 2.24) is 0 Å². The van der Waals surface area contributed by atoms with Gasteiger partial charge in [-0.3, -0.25) is 0 Å². The molecule has 0 saturated heterocycles. The average molecular weight is 592 g/mol. The fourth-order valence-corrected chi connectivity index (χ4v) is 25.4. The summed E-state index contributed by atoms with van der Waals surface area (Å²) in [6, 6.07) is 0. The SMILES string of the molecule is CCC[CH2][Sn]([CH2]CCC)([CH2]CCC)[O][C@@H]1C=CO[C@H](CO[Si](C(C)C)(C(C)C)C(C)C)[C@@H]1O. The molecule has 33 heavy (non-hydrogen) atoms. The van der Waals surface area contributed by atoms with Gasteiger partial charge >= 0.3 is 212 Å². The Hall–Kier alpha value is 0.436. The van der Waals surface area contributed by atoms with E-state index in [-0.39, 0.29) is 12.2 Å². The Morgan fingerprint density at radius 3 is 1.70 bits per heavy atom. The van der Waals surface area contributed by atoms with Gasteiger partial charge in [-0.2, -0.15) is 0 Å². The zero-order valence-electron chi connectivity index (χ0n) is 23.4. The van der Waals surface area contributed by atoms with Crippen molar-refractivity contribution in [2.75, 3.05) is 6.61 Å². The molecule has 0 aromatic rings. The zero-order chi connectivity index (χ0) is 25.1. The Morgan fingerprint density at radius 2 is 1.30 bits per heavy atom. The van der Waals surface area contributed by atoms with Gasteiger partial charge in [-0.25, -0.2) is 0 Å². The second kappa shape index (κ2) is 15.5. The molecule has 0 aliphatic carbocycles. The molecule has 1 heterocycles. The Balaban J connectivity index is 3.01. The van der Waals surface area contributed by atoms with Gasteiger partial charge in [-0.05, 0) is 0 Å². The minimum atomic E-state index is -2.84. The van der Waals surface area contributed by atoms with Gasteiger partial charge in [0.25, 0.3) is 0 Å². The quantitative estimate of drug-likeness (QED) is 0.173. The number of aliphatic hydroxyl groups excluding tert-OH is 1. The van der Waals surface area contributed by atoms with Gasteiger partial charge in [0.05, 0.1) is 0 Å². The van der Waals surface area contributed by atoms with Crippen LogP contribution in [0.4, 0.5) is 0 Å². The summed E-state index contributed by atoms with van der Waals surface area (Å²) in [5.41, 5.74) is 1.55. The van der Waals surface area contributed by atoms with Crippen LogP contribution in [-0.4, -0.2) is 57.1 Å². The van der Waals surface area contributed by atoms with Crippen molar-refractivity contribution in [2.45, 2.75) is 149 Å². The van der Waals surface area contributed by atoms with Crippen molar-refractivity contribution in [1.29, 1.82) is 0 Å². The monoisotopic (exact) mass is 592 g/mol. The molecular formula is C27H56O4SiSn. The fraction of sp³-hybridized carbons (Fsp3) is 0.926. The Labute approximate surface area is 211 Å². The van der Waals surface area contributed by atoms with E-state index in [0.29, 0.717) is 23.2 Å². The van der Waals surface area contributed by atoms with Crippen LogP contribution in [0.1, 0.15) is 101 Å². The van der Waals surface area contributed by atoms with Crippen molar-refractivity contribution in [2.24, 2.45) is 0 Å². The predicted octanol–water partition coefficient (Wildman–Crippen LogP) is 8.18. The van der Waals surface area contributed by atoms with Crippen LogP contribution >= 0.6 is 0 Å². The van der Waals surface area contributed by atoms with Crippen molar-refractivity contribution < 1.29 is 17.3 Å². The van der Waals surface area contributed by atoms with Crippen molar-refractivity contribution in [3.63, 3.8) is 0 Å². The van der Waals surface area contributed by atoms with E-state index in [2.05, 4.69) is 62.3 Å². The molecule has 1 N–H and O–H groups in total. The third-order valence-electron chi connectivity index (χ3n) is 7.79. The predicted molar refractivity (Wildman–Crippen MR) is 147 cm³/mol. The van der Waals surface area contributed by atoms with Gasteiger partial charge in [-0.15, -0.1) is 0 Å². The molecule has 0 amide bonds. The second-order valence-corrected chi connectivity index (χ2v) is 28.4. The van der Waals surface area contributed by atoms with Gasteiger partial charge in [0, 0.05) is 0 Å². The van der Waals surface area contributed by atoms with Crippen LogP contribution in [0.5, 0.6) is 0 Å². The zero-order valence-corrected chi connectivity index (χ0v) is 27.2. The molecule has 1 rings (SSSR count). The first kappa shape index (κ1) is 31.5. The van der Waals surface area contributed by atoms with Gasteiger partial charge in [0.15, 0.2) is 0 Å². The number of unbranched alkanes of at least 4 members (excludes halogenated alkanes) is 3. The Bertz CT molecular complexity index is 509. The molecule has 0 aromatic heterocycles. The molecule has 1 aliphatic heterocycles. The third kappa shape index (κ3) is 8.80. The summed E-state index contributed by atoms with van der Waals surface area (Å²) in [4.78, 5) is 0. The van der Waals surface area contributed by atoms with Gasteiger partial charge in [0.2, 0.25) is 0 Å². The maximum atomic E-state index is 11.3. The summed E-state index contributed by atoms with van der Waals surface area (Å²) >= 11 is -2.84. The molecule has 0 bridgehead atoms. The summed E-state index contributed by atoms with van der Waals surface area (Å²) in [6.45, 7) is 21.1. The molecule has 0 spiro atoms. The van der Waals surface area contributed by atoms with Crippen LogP contribution in [0.25, 0.3) is 0 Å². The molecule has 3 atom stereocenters. The second-order valence-electron chi connectivity index (χ2n) is 11.2. The topological polar surface area (TPSA) is 47.9 Å². The average Bonchev–Trinajstić information content (AvgIpc) is 2.76. The molecule has 4 nitrogen and oxygen atoms in total. The molecule has 0 unspecified atom stereocenters. The number of hydrogen-bond donors (Lipinski definition) is 1. The number of rotatable bonds is 17. The Kier molecular flexibility index (Phi) is 14.8. The van der Waals surface area contributed by atoms with E-state index in [9.17, 15) is 5.11 Å². The van der Waals surface area contributed by atoms with E-state index < -0.39 is 33.2 Å². The summed E-state index contributed by atoms with van der Waals surface area (Å²) < 4.78 is 23.6. The summed E-state index contributed by atoms with van der Waals surface area (Å²) in [6.07, 6.45) is 9.89. The number of hydrogen-bond acceptors (Lipinski definition) is 4. The molecular weight excluding hydrogens is 535 g/mol. The summed E-state index contributed by atoms with van der Waals surface area (Å²) in [7, 11) is -2.01. The summed E-state index contributed by atoms with van der Waals surface area (Å²) in [5, 5.41) is 11.3. The third-order valence-corrected chi connectivity index (χ3v) is 26.9.